The number of fused-ring (bicyclic) bond motifs is 1. The molecule has 0 bridgehead atoms. The van der Waals surface area contributed by atoms with Gasteiger partial charge in [0, 0.05) is 18.5 Å². The number of rotatable bonds is 6. The van der Waals surface area contributed by atoms with Gasteiger partial charge in [-0.2, -0.15) is 5.10 Å². The van der Waals surface area contributed by atoms with Crippen molar-refractivity contribution in [2.24, 2.45) is 0 Å². The molecule has 3 aromatic heterocycles. The van der Waals surface area contributed by atoms with Crippen LogP contribution in [0.5, 0.6) is 0 Å². The summed E-state index contributed by atoms with van der Waals surface area (Å²) in [6.07, 6.45) is 8.74. The van der Waals surface area contributed by atoms with Crippen molar-refractivity contribution in [3.8, 4) is 11.3 Å². The van der Waals surface area contributed by atoms with Crippen LogP contribution in [0.1, 0.15) is 31.4 Å². The lowest BCUT2D eigenvalue weighted by atomic mass is 10.0. The van der Waals surface area contributed by atoms with E-state index in [1.165, 1.54) is 18.5 Å². The largest absolute Gasteiger partial charge is 0.363 e. The number of benzene rings is 1. The van der Waals surface area contributed by atoms with Gasteiger partial charge >= 0.3 is 0 Å². The number of anilines is 1. The van der Waals surface area contributed by atoms with Gasteiger partial charge in [0.2, 0.25) is 0 Å². The van der Waals surface area contributed by atoms with Gasteiger partial charge in [0.1, 0.15) is 18.0 Å². The maximum absolute atomic E-state index is 13.2. The smallest absolute Gasteiger partial charge is 0.164 e. The molecular formula is C20H19FN6. The first kappa shape index (κ1) is 17.1. The van der Waals surface area contributed by atoms with E-state index in [2.05, 4.69) is 32.3 Å². The molecule has 136 valence electrons. The fraction of sp³-hybridized carbons (Fsp3) is 0.200. The van der Waals surface area contributed by atoms with Crippen molar-refractivity contribution in [2.45, 2.75) is 25.8 Å². The zero-order valence-corrected chi connectivity index (χ0v) is 14.9. The van der Waals surface area contributed by atoms with Gasteiger partial charge in [-0.25, -0.2) is 23.9 Å². The lowest BCUT2D eigenvalue weighted by Crippen LogP contribution is -2.12. The molecule has 0 fully saturated rings. The Balaban J connectivity index is 1.64. The van der Waals surface area contributed by atoms with Gasteiger partial charge in [0.25, 0.3) is 0 Å². The van der Waals surface area contributed by atoms with Gasteiger partial charge in [-0.1, -0.05) is 25.5 Å². The first-order valence-corrected chi connectivity index (χ1v) is 8.87. The monoisotopic (exact) mass is 362 g/mol. The van der Waals surface area contributed by atoms with Gasteiger partial charge in [-0.15, -0.1) is 0 Å². The Bertz CT molecular complexity index is 1040. The minimum Gasteiger partial charge on any atom is -0.363 e. The summed E-state index contributed by atoms with van der Waals surface area (Å²) < 4.78 is 15.0. The SMILES string of the molecule is CCC[C@H](Nc1cc(-c2cnn3cccnc23)ncn1)c1ccc(F)cc1. The highest BCUT2D eigenvalue weighted by Crippen LogP contribution is 2.26. The van der Waals surface area contributed by atoms with Crippen molar-refractivity contribution in [3.05, 3.63) is 72.7 Å². The lowest BCUT2D eigenvalue weighted by molar-refractivity contribution is 0.623. The van der Waals surface area contributed by atoms with Crippen LogP contribution in [0.3, 0.4) is 0 Å². The van der Waals surface area contributed by atoms with Crippen LogP contribution in [0.4, 0.5) is 10.2 Å². The molecule has 0 aliphatic carbocycles. The zero-order valence-electron chi connectivity index (χ0n) is 14.9. The fourth-order valence-electron chi connectivity index (χ4n) is 3.08. The molecule has 7 heteroatoms. The standard InChI is InChI=1S/C20H19FN6/c1-2-4-17(14-5-7-15(21)8-6-14)26-19-11-18(23-13-24-19)16-12-25-27-10-3-9-22-20(16)27/h3,5-13,17H,2,4H2,1H3,(H,23,24,26)/t17-/m0/s1. The Hall–Kier alpha value is -3.35. The molecule has 0 saturated carbocycles. The van der Waals surface area contributed by atoms with Crippen LogP contribution in [0.2, 0.25) is 0 Å². The second-order valence-electron chi connectivity index (χ2n) is 6.27. The van der Waals surface area contributed by atoms with Crippen LogP contribution in [0.15, 0.2) is 61.3 Å². The number of nitrogens with one attached hydrogen (secondary N) is 1. The van der Waals surface area contributed by atoms with Crippen LogP contribution in [-0.2, 0) is 0 Å². The Kier molecular flexibility index (Phi) is 4.74. The van der Waals surface area contributed by atoms with E-state index in [0.717, 1.165) is 35.3 Å². The lowest BCUT2D eigenvalue weighted by Gasteiger charge is -2.19. The van der Waals surface area contributed by atoms with E-state index < -0.39 is 0 Å². The van der Waals surface area contributed by atoms with Crippen molar-refractivity contribution >= 4 is 11.5 Å². The Morgan fingerprint density at radius 1 is 1.15 bits per heavy atom. The second kappa shape index (κ2) is 7.49. The summed E-state index contributed by atoms with van der Waals surface area (Å²) in [7, 11) is 0. The van der Waals surface area contributed by atoms with E-state index in [0.29, 0.717) is 5.82 Å². The van der Waals surface area contributed by atoms with Crippen molar-refractivity contribution in [1.82, 2.24) is 24.6 Å². The molecule has 4 aromatic rings. The van der Waals surface area contributed by atoms with Crippen molar-refractivity contribution in [1.29, 1.82) is 0 Å². The third kappa shape index (κ3) is 3.62. The first-order valence-electron chi connectivity index (χ1n) is 8.87. The zero-order chi connectivity index (χ0) is 18.6. The third-order valence-electron chi connectivity index (χ3n) is 4.39. The molecule has 27 heavy (non-hydrogen) atoms. The minimum absolute atomic E-state index is 0.0420. The number of aromatic nitrogens is 5. The molecule has 1 aromatic carbocycles. The Morgan fingerprint density at radius 3 is 2.81 bits per heavy atom. The molecule has 0 spiro atoms. The molecular weight excluding hydrogens is 343 g/mol. The molecule has 0 radical (unpaired) electrons. The normalized spacial score (nSPS) is 12.2. The summed E-state index contributed by atoms with van der Waals surface area (Å²) in [6, 6.07) is 10.3. The molecule has 6 nitrogen and oxygen atoms in total. The highest BCUT2D eigenvalue weighted by atomic mass is 19.1. The molecule has 1 N–H and O–H groups in total. The Morgan fingerprint density at radius 2 is 2.00 bits per heavy atom. The minimum atomic E-state index is -0.237. The van der Waals surface area contributed by atoms with E-state index in [-0.39, 0.29) is 11.9 Å². The number of hydrogen-bond donors (Lipinski definition) is 1. The van der Waals surface area contributed by atoms with E-state index in [1.54, 1.807) is 29.0 Å². The molecule has 1 atom stereocenters. The quantitative estimate of drug-likeness (QED) is 0.554. The highest BCUT2D eigenvalue weighted by Gasteiger charge is 2.14. The average Bonchev–Trinajstić information content (AvgIpc) is 3.13. The van der Waals surface area contributed by atoms with Crippen LogP contribution < -0.4 is 5.32 Å². The van der Waals surface area contributed by atoms with Gasteiger partial charge in [-0.05, 0) is 30.2 Å². The van der Waals surface area contributed by atoms with Gasteiger partial charge < -0.3 is 5.32 Å². The first-order chi connectivity index (χ1) is 13.2. The number of nitrogens with zero attached hydrogens (tertiary/aromatic N) is 5. The molecule has 4 rings (SSSR count). The molecule has 0 aliphatic heterocycles. The van der Waals surface area contributed by atoms with Crippen LogP contribution in [0, 0.1) is 5.82 Å². The molecule has 0 amide bonds. The van der Waals surface area contributed by atoms with E-state index in [9.17, 15) is 4.39 Å². The molecule has 3 heterocycles. The van der Waals surface area contributed by atoms with Crippen LogP contribution >= 0.6 is 0 Å². The number of hydrogen-bond acceptors (Lipinski definition) is 5. The highest BCUT2D eigenvalue weighted by molar-refractivity contribution is 5.75. The van der Waals surface area contributed by atoms with Crippen LogP contribution in [0.25, 0.3) is 16.9 Å². The topological polar surface area (TPSA) is 68.0 Å². The van der Waals surface area contributed by atoms with E-state index in [4.69, 9.17) is 0 Å². The average molecular weight is 362 g/mol. The Labute approximate surface area is 156 Å². The maximum atomic E-state index is 13.2. The predicted molar refractivity (Wildman–Crippen MR) is 102 cm³/mol. The third-order valence-corrected chi connectivity index (χ3v) is 4.39. The second-order valence-corrected chi connectivity index (χ2v) is 6.27. The summed E-state index contributed by atoms with van der Waals surface area (Å²) >= 11 is 0. The van der Waals surface area contributed by atoms with E-state index >= 15 is 0 Å². The van der Waals surface area contributed by atoms with Crippen molar-refractivity contribution in [3.63, 3.8) is 0 Å². The van der Waals surface area contributed by atoms with Gasteiger partial charge in [0.05, 0.1) is 23.5 Å². The molecule has 0 saturated heterocycles. The van der Waals surface area contributed by atoms with Gasteiger partial charge in [-0.3, -0.25) is 0 Å². The van der Waals surface area contributed by atoms with Crippen LogP contribution in [-0.4, -0.2) is 24.6 Å². The summed E-state index contributed by atoms with van der Waals surface area (Å²) in [6.45, 7) is 2.12. The molecule has 0 unspecified atom stereocenters. The summed E-state index contributed by atoms with van der Waals surface area (Å²) in [4.78, 5) is 13.1. The van der Waals surface area contributed by atoms with Crippen molar-refractivity contribution < 1.29 is 4.39 Å². The summed E-state index contributed by atoms with van der Waals surface area (Å²) in [5.41, 5.74) is 3.35. The number of halogens is 1. The maximum Gasteiger partial charge on any atom is 0.164 e. The predicted octanol–water partition coefficient (Wildman–Crippen LogP) is 4.28. The molecule has 0 aliphatic rings. The summed E-state index contributed by atoms with van der Waals surface area (Å²) in [5.74, 6) is 0.469. The van der Waals surface area contributed by atoms with E-state index in [1.807, 2.05) is 18.3 Å². The van der Waals surface area contributed by atoms with Crippen molar-refractivity contribution in [2.75, 3.05) is 5.32 Å². The van der Waals surface area contributed by atoms with Gasteiger partial charge in [0.15, 0.2) is 5.65 Å². The summed E-state index contributed by atoms with van der Waals surface area (Å²) in [5, 5.41) is 7.75. The fourth-order valence-corrected chi connectivity index (χ4v) is 3.08.